The van der Waals surface area contributed by atoms with Gasteiger partial charge in [-0.3, -0.25) is 9.69 Å². The van der Waals surface area contributed by atoms with Gasteiger partial charge in [0.05, 0.1) is 18.7 Å². The number of carbonyl (C=O) groups is 2. The van der Waals surface area contributed by atoms with Crippen molar-refractivity contribution in [2.45, 2.75) is 39.0 Å². The molecule has 1 aromatic carbocycles. The third-order valence-corrected chi connectivity index (χ3v) is 3.50. The molecule has 0 aromatic heterocycles. The maximum Gasteiger partial charge on any atom is 0.416 e. The van der Waals surface area contributed by atoms with Gasteiger partial charge >= 0.3 is 12.1 Å². The summed E-state index contributed by atoms with van der Waals surface area (Å²) in [5.41, 5.74) is 7.05. The Morgan fingerprint density at radius 2 is 1.91 bits per heavy atom. The van der Waals surface area contributed by atoms with Crippen LogP contribution in [0.3, 0.4) is 0 Å². The van der Waals surface area contributed by atoms with Crippen LogP contribution in [0.2, 0.25) is 0 Å². The number of rotatable bonds is 1. The van der Waals surface area contributed by atoms with Crippen LogP contribution in [0.5, 0.6) is 0 Å². The molecule has 1 aliphatic heterocycles. The van der Waals surface area contributed by atoms with Crippen LogP contribution in [0, 0.1) is 5.92 Å². The van der Waals surface area contributed by atoms with Crippen LogP contribution in [0.15, 0.2) is 24.3 Å². The van der Waals surface area contributed by atoms with Gasteiger partial charge in [0.25, 0.3) is 0 Å². The number of nitrogens with two attached hydrogens (primary N) is 1. The number of fused-ring (bicyclic) bond motifs is 1. The largest absolute Gasteiger partial charge is 0.469 e. The lowest BCUT2D eigenvalue weighted by Gasteiger charge is -2.39. The van der Waals surface area contributed by atoms with Gasteiger partial charge in [0.1, 0.15) is 11.8 Å². The molecule has 22 heavy (non-hydrogen) atoms. The molecule has 2 N–H and O–H groups in total. The summed E-state index contributed by atoms with van der Waals surface area (Å²) in [6.45, 7) is 5.35. The average Bonchev–Trinajstić information content (AvgIpc) is 2.43. The zero-order valence-corrected chi connectivity index (χ0v) is 13.3. The third kappa shape index (κ3) is 3.22. The lowest BCUT2D eigenvalue weighted by Crippen LogP contribution is -2.57. The standard InChI is InChI=1S/C16H22N2O4/c1-16(2,3)22-15(20)18-12-8-6-5-7-10(12)9-11(13(18)17)14(19)21-4/h5-8,11,13H,9,17H2,1-4H3. The van der Waals surface area contributed by atoms with Crippen molar-refractivity contribution >= 4 is 17.7 Å². The van der Waals surface area contributed by atoms with Gasteiger partial charge in [-0.05, 0) is 38.8 Å². The fourth-order valence-corrected chi connectivity index (χ4v) is 2.52. The molecular weight excluding hydrogens is 284 g/mol. The average molecular weight is 306 g/mol. The second-order valence-electron chi connectivity index (χ2n) is 6.30. The van der Waals surface area contributed by atoms with Crippen molar-refractivity contribution in [3.63, 3.8) is 0 Å². The van der Waals surface area contributed by atoms with Crippen LogP contribution in [0.1, 0.15) is 26.3 Å². The van der Waals surface area contributed by atoms with E-state index in [1.165, 1.54) is 12.0 Å². The molecule has 0 spiro atoms. The molecule has 0 saturated heterocycles. The lowest BCUT2D eigenvalue weighted by molar-refractivity contribution is -0.146. The maximum absolute atomic E-state index is 12.5. The van der Waals surface area contributed by atoms with Gasteiger partial charge in [-0.1, -0.05) is 18.2 Å². The first-order valence-corrected chi connectivity index (χ1v) is 7.18. The van der Waals surface area contributed by atoms with Gasteiger partial charge in [-0.15, -0.1) is 0 Å². The van der Waals surface area contributed by atoms with Crippen molar-refractivity contribution in [3.05, 3.63) is 29.8 Å². The molecule has 120 valence electrons. The number of esters is 1. The molecule has 2 rings (SSSR count). The number of anilines is 1. The normalized spacial score (nSPS) is 21.0. The topological polar surface area (TPSA) is 81.9 Å². The highest BCUT2D eigenvalue weighted by atomic mass is 16.6. The Morgan fingerprint density at radius 3 is 2.50 bits per heavy atom. The second-order valence-corrected chi connectivity index (χ2v) is 6.30. The first-order chi connectivity index (χ1) is 10.2. The van der Waals surface area contributed by atoms with Crippen molar-refractivity contribution in [2.75, 3.05) is 12.0 Å². The minimum atomic E-state index is -0.822. The number of hydrogen-bond acceptors (Lipinski definition) is 5. The predicted molar refractivity (Wildman–Crippen MR) is 82.3 cm³/mol. The summed E-state index contributed by atoms with van der Waals surface area (Å²) in [5, 5.41) is 0. The molecule has 0 saturated carbocycles. The van der Waals surface area contributed by atoms with E-state index >= 15 is 0 Å². The summed E-state index contributed by atoms with van der Waals surface area (Å²) in [5.74, 6) is -1.05. The van der Waals surface area contributed by atoms with E-state index in [4.69, 9.17) is 15.2 Å². The van der Waals surface area contributed by atoms with Crippen molar-refractivity contribution in [2.24, 2.45) is 11.7 Å². The molecule has 0 aliphatic carbocycles. The number of hydrogen-bond donors (Lipinski definition) is 1. The van der Waals surface area contributed by atoms with E-state index in [0.29, 0.717) is 12.1 Å². The first kappa shape index (κ1) is 16.3. The zero-order valence-electron chi connectivity index (χ0n) is 13.3. The number of benzene rings is 1. The van der Waals surface area contributed by atoms with Gasteiger partial charge in [0, 0.05) is 0 Å². The summed E-state index contributed by atoms with van der Waals surface area (Å²) in [6.07, 6.45) is -0.957. The van der Waals surface area contributed by atoms with Crippen LogP contribution >= 0.6 is 0 Å². The number of nitrogens with zero attached hydrogens (tertiary/aromatic N) is 1. The highest BCUT2D eigenvalue weighted by molar-refractivity contribution is 5.92. The Hall–Kier alpha value is -2.08. The summed E-state index contributed by atoms with van der Waals surface area (Å²) in [7, 11) is 1.31. The van der Waals surface area contributed by atoms with E-state index in [0.717, 1.165) is 5.56 Å². The molecule has 1 aliphatic rings. The molecule has 0 fully saturated rings. The molecule has 2 atom stereocenters. The van der Waals surface area contributed by atoms with Crippen molar-refractivity contribution < 1.29 is 19.1 Å². The Kier molecular flexibility index (Phi) is 4.42. The SMILES string of the molecule is COC(=O)C1Cc2ccccc2N(C(=O)OC(C)(C)C)C1N. The molecular formula is C16H22N2O4. The number of ether oxygens (including phenoxy) is 2. The van der Waals surface area contributed by atoms with E-state index in [1.807, 2.05) is 18.2 Å². The van der Waals surface area contributed by atoms with Crippen molar-refractivity contribution in [1.82, 2.24) is 0 Å². The molecule has 0 radical (unpaired) electrons. The van der Waals surface area contributed by atoms with E-state index in [-0.39, 0.29) is 0 Å². The summed E-state index contributed by atoms with van der Waals surface area (Å²) >= 11 is 0. The Balaban J connectivity index is 2.41. The van der Waals surface area contributed by atoms with Gasteiger partial charge in [-0.2, -0.15) is 0 Å². The Morgan fingerprint density at radius 1 is 1.27 bits per heavy atom. The Bertz CT molecular complexity index is 580. The third-order valence-electron chi connectivity index (χ3n) is 3.50. The van der Waals surface area contributed by atoms with E-state index in [2.05, 4.69) is 0 Å². The van der Waals surface area contributed by atoms with Crippen LogP contribution in [0.4, 0.5) is 10.5 Å². The van der Waals surface area contributed by atoms with Crippen molar-refractivity contribution in [1.29, 1.82) is 0 Å². The molecule has 1 heterocycles. The van der Waals surface area contributed by atoms with Gasteiger partial charge in [-0.25, -0.2) is 4.79 Å². The molecule has 2 unspecified atom stereocenters. The van der Waals surface area contributed by atoms with Gasteiger partial charge in [0.15, 0.2) is 0 Å². The van der Waals surface area contributed by atoms with E-state index < -0.39 is 29.7 Å². The molecule has 6 nitrogen and oxygen atoms in total. The van der Waals surface area contributed by atoms with Crippen LogP contribution in [-0.4, -0.2) is 30.9 Å². The maximum atomic E-state index is 12.5. The van der Waals surface area contributed by atoms with Crippen LogP contribution < -0.4 is 10.6 Å². The number of para-hydroxylation sites is 1. The monoisotopic (exact) mass is 306 g/mol. The number of amides is 1. The molecule has 6 heteroatoms. The molecule has 1 amide bonds. The van der Waals surface area contributed by atoms with Gasteiger partial charge in [0.2, 0.25) is 0 Å². The fraction of sp³-hybridized carbons (Fsp3) is 0.500. The second kappa shape index (κ2) is 5.96. The minimum absolute atomic E-state index is 0.434. The highest BCUT2D eigenvalue weighted by Crippen LogP contribution is 2.33. The fourth-order valence-electron chi connectivity index (χ4n) is 2.52. The first-order valence-electron chi connectivity index (χ1n) is 7.18. The summed E-state index contributed by atoms with van der Waals surface area (Å²) < 4.78 is 10.2. The predicted octanol–water partition coefficient (Wildman–Crippen LogP) is 2.06. The van der Waals surface area contributed by atoms with Crippen LogP contribution in [-0.2, 0) is 20.7 Å². The Labute approximate surface area is 130 Å². The highest BCUT2D eigenvalue weighted by Gasteiger charge is 2.41. The van der Waals surface area contributed by atoms with Gasteiger partial charge < -0.3 is 15.2 Å². The van der Waals surface area contributed by atoms with E-state index in [9.17, 15) is 9.59 Å². The lowest BCUT2D eigenvalue weighted by atomic mass is 9.90. The summed E-state index contributed by atoms with van der Waals surface area (Å²) in [6, 6.07) is 7.35. The van der Waals surface area contributed by atoms with Crippen LogP contribution in [0.25, 0.3) is 0 Å². The molecule has 1 aromatic rings. The number of carbonyl (C=O) groups excluding carboxylic acids is 2. The number of methoxy groups -OCH3 is 1. The summed E-state index contributed by atoms with van der Waals surface area (Å²) in [4.78, 5) is 25.8. The minimum Gasteiger partial charge on any atom is -0.469 e. The smallest absolute Gasteiger partial charge is 0.416 e. The quantitative estimate of drug-likeness (QED) is 0.803. The zero-order chi connectivity index (χ0) is 16.5. The van der Waals surface area contributed by atoms with E-state index in [1.54, 1.807) is 26.8 Å². The van der Waals surface area contributed by atoms with Crippen molar-refractivity contribution in [3.8, 4) is 0 Å². The molecule has 0 bridgehead atoms.